The summed E-state index contributed by atoms with van der Waals surface area (Å²) in [6.45, 7) is 0. The largest absolute Gasteiger partial charge is 0.299 e. The van der Waals surface area contributed by atoms with Gasteiger partial charge in [-0.1, -0.05) is 18.2 Å². The standard InChI is InChI=1S/C15H16N2OS/c1-17-11(8-9-16-17)6-7-14(18)13-10-19-15-5-3-2-4-12(13)15/h2-5,8-9,13H,6-7,10H2,1H3. The van der Waals surface area contributed by atoms with Gasteiger partial charge in [0, 0.05) is 36.0 Å². The number of benzene rings is 1. The predicted octanol–water partition coefficient (Wildman–Crippen LogP) is 2.81. The van der Waals surface area contributed by atoms with Crippen molar-refractivity contribution < 1.29 is 4.79 Å². The van der Waals surface area contributed by atoms with Crippen LogP contribution in [0.15, 0.2) is 41.4 Å². The first kappa shape index (κ1) is 12.5. The van der Waals surface area contributed by atoms with Gasteiger partial charge in [0.25, 0.3) is 0 Å². The predicted molar refractivity (Wildman–Crippen MR) is 76.4 cm³/mol. The van der Waals surface area contributed by atoms with Crippen LogP contribution >= 0.6 is 11.8 Å². The molecular weight excluding hydrogens is 256 g/mol. The fourth-order valence-electron chi connectivity index (χ4n) is 2.50. The summed E-state index contributed by atoms with van der Waals surface area (Å²) < 4.78 is 1.84. The van der Waals surface area contributed by atoms with Gasteiger partial charge in [0.2, 0.25) is 0 Å². The monoisotopic (exact) mass is 272 g/mol. The molecule has 19 heavy (non-hydrogen) atoms. The molecule has 3 rings (SSSR count). The first-order valence-electron chi connectivity index (χ1n) is 6.47. The van der Waals surface area contributed by atoms with Gasteiger partial charge in [0.1, 0.15) is 5.78 Å². The normalized spacial score (nSPS) is 17.4. The Bertz CT molecular complexity index is 606. The highest BCUT2D eigenvalue weighted by atomic mass is 32.2. The van der Waals surface area contributed by atoms with Crippen molar-refractivity contribution in [1.82, 2.24) is 9.78 Å². The number of aryl methyl sites for hydroxylation is 2. The van der Waals surface area contributed by atoms with Crippen molar-refractivity contribution >= 4 is 17.5 Å². The van der Waals surface area contributed by atoms with Gasteiger partial charge in [-0.2, -0.15) is 5.10 Å². The Morgan fingerprint density at radius 1 is 1.42 bits per heavy atom. The molecule has 0 bridgehead atoms. The minimum Gasteiger partial charge on any atom is -0.299 e. The number of hydrogen-bond acceptors (Lipinski definition) is 3. The summed E-state index contributed by atoms with van der Waals surface area (Å²) in [6, 6.07) is 10.2. The molecule has 98 valence electrons. The summed E-state index contributed by atoms with van der Waals surface area (Å²) >= 11 is 1.79. The third kappa shape index (κ3) is 2.45. The van der Waals surface area contributed by atoms with Gasteiger partial charge in [-0.3, -0.25) is 9.48 Å². The quantitative estimate of drug-likeness (QED) is 0.858. The molecule has 1 atom stereocenters. The highest BCUT2D eigenvalue weighted by Crippen LogP contribution is 2.40. The third-order valence-electron chi connectivity index (χ3n) is 3.64. The number of aromatic nitrogens is 2. The van der Waals surface area contributed by atoms with Crippen LogP contribution in [0.1, 0.15) is 23.6 Å². The zero-order chi connectivity index (χ0) is 13.2. The molecule has 3 nitrogen and oxygen atoms in total. The van der Waals surface area contributed by atoms with E-state index in [0.717, 1.165) is 17.9 Å². The topological polar surface area (TPSA) is 34.9 Å². The van der Waals surface area contributed by atoms with Crippen LogP contribution in [0.4, 0.5) is 0 Å². The molecule has 2 heterocycles. The lowest BCUT2D eigenvalue weighted by Crippen LogP contribution is -2.13. The molecule has 0 radical (unpaired) electrons. The van der Waals surface area contributed by atoms with E-state index < -0.39 is 0 Å². The Balaban J connectivity index is 1.68. The van der Waals surface area contributed by atoms with Gasteiger partial charge in [0.05, 0.1) is 5.92 Å². The minimum absolute atomic E-state index is 0.0782. The molecule has 1 unspecified atom stereocenters. The van der Waals surface area contributed by atoms with E-state index in [0.29, 0.717) is 12.2 Å². The van der Waals surface area contributed by atoms with Crippen molar-refractivity contribution in [3.8, 4) is 0 Å². The van der Waals surface area contributed by atoms with E-state index in [1.807, 2.05) is 29.9 Å². The van der Waals surface area contributed by atoms with Gasteiger partial charge >= 0.3 is 0 Å². The Hall–Kier alpha value is -1.55. The fourth-order valence-corrected chi connectivity index (χ4v) is 3.76. The molecule has 4 heteroatoms. The Kier molecular flexibility index (Phi) is 3.42. The van der Waals surface area contributed by atoms with Crippen molar-refractivity contribution in [1.29, 1.82) is 0 Å². The van der Waals surface area contributed by atoms with E-state index in [-0.39, 0.29) is 5.92 Å². The van der Waals surface area contributed by atoms with Crippen molar-refractivity contribution in [2.24, 2.45) is 7.05 Å². The van der Waals surface area contributed by atoms with E-state index in [9.17, 15) is 4.79 Å². The highest BCUT2D eigenvalue weighted by molar-refractivity contribution is 7.99. The molecule has 1 aromatic heterocycles. The van der Waals surface area contributed by atoms with Gasteiger partial charge in [-0.15, -0.1) is 11.8 Å². The summed E-state index contributed by atoms with van der Waals surface area (Å²) in [7, 11) is 1.92. The van der Waals surface area contributed by atoms with Crippen LogP contribution in [0, 0.1) is 0 Å². The Morgan fingerprint density at radius 3 is 3.05 bits per heavy atom. The molecule has 1 aliphatic heterocycles. The van der Waals surface area contributed by atoms with Crippen LogP contribution in [0.5, 0.6) is 0 Å². The lowest BCUT2D eigenvalue weighted by atomic mass is 9.94. The molecule has 1 aromatic carbocycles. The van der Waals surface area contributed by atoms with E-state index in [2.05, 4.69) is 17.2 Å². The number of hydrogen-bond donors (Lipinski definition) is 0. The number of Topliss-reactive ketones (excluding diaryl/α,β-unsaturated/α-hetero) is 1. The molecule has 1 aliphatic rings. The maximum atomic E-state index is 12.4. The molecule has 0 spiro atoms. The van der Waals surface area contributed by atoms with Crippen LogP contribution in [-0.4, -0.2) is 21.3 Å². The van der Waals surface area contributed by atoms with E-state index in [1.165, 1.54) is 10.5 Å². The summed E-state index contributed by atoms with van der Waals surface area (Å²) in [4.78, 5) is 13.6. The van der Waals surface area contributed by atoms with Gasteiger partial charge in [-0.05, 0) is 24.1 Å². The van der Waals surface area contributed by atoms with Gasteiger partial charge in [-0.25, -0.2) is 0 Å². The van der Waals surface area contributed by atoms with E-state index >= 15 is 0 Å². The maximum Gasteiger partial charge on any atom is 0.141 e. The van der Waals surface area contributed by atoms with Crippen LogP contribution in [0.2, 0.25) is 0 Å². The number of thioether (sulfide) groups is 1. The van der Waals surface area contributed by atoms with Gasteiger partial charge in [0.15, 0.2) is 0 Å². The average Bonchev–Trinajstić information content (AvgIpc) is 3.02. The average molecular weight is 272 g/mol. The number of fused-ring (bicyclic) bond motifs is 1. The second kappa shape index (κ2) is 5.21. The third-order valence-corrected chi connectivity index (χ3v) is 4.82. The van der Waals surface area contributed by atoms with Crippen LogP contribution in [0.25, 0.3) is 0 Å². The zero-order valence-corrected chi connectivity index (χ0v) is 11.7. The van der Waals surface area contributed by atoms with Crippen molar-refractivity contribution in [2.75, 3.05) is 5.75 Å². The number of ketones is 1. The van der Waals surface area contributed by atoms with Crippen LogP contribution in [0.3, 0.4) is 0 Å². The summed E-state index contributed by atoms with van der Waals surface area (Å²) in [5, 5.41) is 4.13. The van der Waals surface area contributed by atoms with Gasteiger partial charge < -0.3 is 0 Å². The first-order valence-corrected chi connectivity index (χ1v) is 7.45. The lowest BCUT2D eigenvalue weighted by Gasteiger charge is -2.09. The number of carbonyl (C=O) groups excluding carboxylic acids is 1. The van der Waals surface area contributed by atoms with E-state index in [1.54, 1.807) is 18.0 Å². The van der Waals surface area contributed by atoms with Crippen molar-refractivity contribution in [3.05, 3.63) is 47.8 Å². The molecule has 0 saturated carbocycles. The molecule has 0 aliphatic carbocycles. The number of carbonyl (C=O) groups is 1. The second-order valence-corrected chi connectivity index (χ2v) is 5.88. The molecule has 2 aromatic rings. The molecule has 0 N–H and O–H groups in total. The maximum absolute atomic E-state index is 12.4. The van der Waals surface area contributed by atoms with Crippen molar-refractivity contribution in [3.63, 3.8) is 0 Å². The SMILES string of the molecule is Cn1nccc1CCC(=O)C1CSc2ccccc21. The number of nitrogens with zero attached hydrogens (tertiary/aromatic N) is 2. The summed E-state index contributed by atoms with van der Waals surface area (Å²) in [5.41, 5.74) is 2.33. The zero-order valence-electron chi connectivity index (χ0n) is 10.9. The summed E-state index contributed by atoms with van der Waals surface area (Å²) in [5.74, 6) is 1.32. The molecule has 0 saturated heterocycles. The number of rotatable bonds is 4. The minimum atomic E-state index is 0.0782. The van der Waals surface area contributed by atoms with Crippen molar-refractivity contribution in [2.45, 2.75) is 23.7 Å². The molecule has 0 fully saturated rings. The smallest absolute Gasteiger partial charge is 0.141 e. The van der Waals surface area contributed by atoms with Crippen LogP contribution < -0.4 is 0 Å². The van der Waals surface area contributed by atoms with E-state index in [4.69, 9.17) is 0 Å². The fraction of sp³-hybridized carbons (Fsp3) is 0.333. The lowest BCUT2D eigenvalue weighted by molar-refractivity contribution is -0.120. The summed E-state index contributed by atoms with van der Waals surface area (Å²) in [6.07, 6.45) is 3.15. The Labute approximate surface area is 117 Å². The molecule has 0 amide bonds. The molecular formula is C15H16N2OS. The first-order chi connectivity index (χ1) is 9.25. The van der Waals surface area contributed by atoms with Crippen LogP contribution in [-0.2, 0) is 18.3 Å². The highest BCUT2D eigenvalue weighted by Gasteiger charge is 2.28. The Morgan fingerprint density at radius 2 is 2.26 bits per heavy atom. The second-order valence-electron chi connectivity index (χ2n) is 4.81.